The highest BCUT2D eigenvalue weighted by atomic mass is 16.5. The number of benzene rings is 2. The summed E-state index contributed by atoms with van der Waals surface area (Å²) in [6.07, 6.45) is 0. The van der Waals surface area contributed by atoms with E-state index in [1.165, 1.54) is 11.1 Å². The molecule has 0 saturated heterocycles. The molecule has 0 heterocycles. The second kappa shape index (κ2) is 4.39. The predicted octanol–water partition coefficient (Wildman–Crippen LogP) is 3.33. The lowest BCUT2D eigenvalue weighted by Gasteiger charge is -2.04. The molecular formula is C17H18O2. The van der Waals surface area contributed by atoms with Crippen molar-refractivity contribution in [2.24, 2.45) is 0 Å². The van der Waals surface area contributed by atoms with Crippen LogP contribution in [0, 0.1) is 0 Å². The lowest BCUT2D eigenvalue weighted by atomic mass is 10.0. The normalized spacial score (nSPS) is 29.0. The van der Waals surface area contributed by atoms with Gasteiger partial charge in [0.15, 0.2) is 0 Å². The van der Waals surface area contributed by atoms with Gasteiger partial charge in [0.1, 0.15) is 5.75 Å². The van der Waals surface area contributed by atoms with Crippen molar-refractivity contribution >= 4 is 0 Å². The van der Waals surface area contributed by atoms with Crippen LogP contribution < -0.4 is 4.74 Å². The maximum absolute atomic E-state index is 10.6. The van der Waals surface area contributed by atoms with Crippen LogP contribution >= 0.6 is 0 Å². The van der Waals surface area contributed by atoms with Gasteiger partial charge < -0.3 is 9.84 Å². The van der Waals surface area contributed by atoms with E-state index < -0.39 is 5.60 Å². The third-order valence-electron chi connectivity index (χ3n) is 4.12. The molecule has 1 saturated carbocycles. The van der Waals surface area contributed by atoms with Crippen LogP contribution in [-0.4, -0.2) is 17.8 Å². The standard InChI is InChI=1S/C17H18O2/c1-17(18)15(12-6-4-3-5-7-12)16(17)13-8-10-14(19-2)11-9-13/h3-11,15-16,18H,1-2H3. The highest BCUT2D eigenvalue weighted by molar-refractivity contribution is 5.45. The van der Waals surface area contributed by atoms with Crippen LogP contribution in [0.15, 0.2) is 54.6 Å². The molecule has 2 aromatic rings. The van der Waals surface area contributed by atoms with Gasteiger partial charge in [0.05, 0.1) is 12.7 Å². The summed E-state index contributed by atoms with van der Waals surface area (Å²) in [5, 5.41) is 10.6. The molecule has 2 heteroatoms. The van der Waals surface area contributed by atoms with Crippen LogP contribution in [0.25, 0.3) is 0 Å². The first-order valence-corrected chi connectivity index (χ1v) is 6.56. The topological polar surface area (TPSA) is 29.5 Å². The van der Waals surface area contributed by atoms with Crippen molar-refractivity contribution in [2.45, 2.75) is 24.4 Å². The number of ether oxygens (including phenoxy) is 1. The summed E-state index contributed by atoms with van der Waals surface area (Å²) in [7, 11) is 1.66. The summed E-state index contributed by atoms with van der Waals surface area (Å²) in [6, 6.07) is 18.2. The van der Waals surface area contributed by atoms with Gasteiger partial charge in [0.25, 0.3) is 0 Å². The highest BCUT2D eigenvalue weighted by Gasteiger charge is 2.61. The first-order chi connectivity index (χ1) is 9.14. The Morgan fingerprint density at radius 2 is 1.42 bits per heavy atom. The molecule has 3 unspecified atom stereocenters. The average Bonchev–Trinajstić information content (AvgIpc) is 3.02. The molecule has 1 aliphatic carbocycles. The number of methoxy groups -OCH3 is 1. The maximum atomic E-state index is 10.6. The Balaban J connectivity index is 1.89. The van der Waals surface area contributed by atoms with Gasteiger partial charge in [-0.3, -0.25) is 0 Å². The largest absolute Gasteiger partial charge is 0.497 e. The van der Waals surface area contributed by atoms with Gasteiger partial charge in [-0.25, -0.2) is 0 Å². The fourth-order valence-corrected chi connectivity index (χ4v) is 3.03. The van der Waals surface area contributed by atoms with E-state index in [0.717, 1.165) is 5.75 Å². The van der Waals surface area contributed by atoms with Crippen LogP contribution in [-0.2, 0) is 0 Å². The van der Waals surface area contributed by atoms with E-state index in [-0.39, 0.29) is 11.8 Å². The van der Waals surface area contributed by atoms with E-state index >= 15 is 0 Å². The van der Waals surface area contributed by atoms with Gasteiger partial charge >= 0.3 is 0 Å². The molecular weight excluding hydrogens is 236 g/mol. The van der Waals surface area contributed by atoms with E-state index in [2.05, 4.69) is 12.1 Å². The van der Waals surface area contributed by atoms with Crippen molar-refractivity contribution < 1.29 is 9.84 Å². The van der Waals surface area contributed by atoms with Crippen LogP contribution in [0.3, 0.4) is 0 Å². The molecule has 19 heavy (non-hydrogen) atoms. The molecule has 2 aromatic carbocycles. The zero-order chi connectivity index (χ0) is 13.5. The fourth-order valence-electron chi connectivity index (χ4n) is 3.03. The molecule has 3 atom stereocenters. The molecule has 98 valence electrons. The SMILES string of the molecule is COc1ccc(C2C(c3ccccc3)C2(C)O)cc1. The molecule has 0 aliphatic heterocycles. The van der Waals surface area contributed by atoms with Gasteiger partial charge in [-0.15, -0.1) is 0 Å². The molecule has 0 amide bonds. The van der Waals surface area contributed by atoms with Gasteiger partial charge in [-0.1, -0.05) is 42.5 Å². The molecule has 0 radical (unpaired) electrons. The first kappa shape index (κ1) is 12.2. The lowest BCUT2D eigenvalue weighted by molar-refractivity contribution is 0.158. The Kier molecular flexibility index (Phi) is 2.83. The number of hydrogen-bond acceptors (Lipinski definition) is 2. The monoisotopic (exact) mass is 254 g/mol. The maximum Gasteiger partial charge on any atom is 0.118 e. The molecule has 2 nitrogen and oxygen atoms in total. The van der Waals surface area contributed by atoms with E-state index in [1.54, 1.807) is 7.11 Å². The zero-order valence-electron chi connectivity index (χ0n) is 11.2. The van der Waals surface area contributed by atoms with E-state index in [0.29, 0.717) is 0 Å². The smallest absolute Gasteiger partial charge is 0.118 e. The summed E-state index contributed by atoms with van der Waals surface area (Å²) >= 11 is 0. The number of rotatable bonds is 3. The lowest BCUT2D eigenvalue weighted by Crippen LogP contribution is -2.04. The van der Waals surface area contributed by atoms with Crippen molar-refractivity contribution in [3.63, 3.8) is 0 Å². The molecule has 0 bridgehead atoms. The Labute approximate surface area is 113 Å². The van der Waals surface area contributed by atoms with E-state index in [9.17, 15) is 5.11 Å². The summed E-state index contributed by atoms with van der Waals surface area (Å²) < 4.78 is 5.17. The van der Waals surface area contributed by atoms with Crippen LogP contribution in [0.5, 0.6) is 5.75 Å². The average molecular weight is 254 g/mol. The molecule has 0 aromatic heterocycles. The fraction of sp³-hybridized carbons (Fsp3) is 0.294. The molecule has 1 fully saturated rings. The summed E-state index contributed by atoms with van der Waals surface area (Å²) in [4.78, 5) is 0. The van der Waals surface area contributed by atoms with Crippen molar-refractivity contribution in [1.82, 2.24) is 0 Å². The third-order valence-corrected chi connectivity index (χ3v) is 4.12. The van der Waals surface area contributed by atoms with Crippen LogP contribution in [0.1, 0.15) is 29.9 Å². The molecule has 1 aliphatic rings. The minimum absolute atomic E-state index is 0.167. The predicted molar refractivity (Wildman–Crippen MR) is 75.5 cm³/mol. The quantitative estimate of drug-likeness (QED) is 0.910. The zero-order valence-corrected chi connectivity index (χ0v) is 11.2. The van der Waals surface area contributed by atoms with Crippen LogP contribution in [0.2, 0.25) is 0 Å². The number of hydrogen-bond donors (Lipinski definition) is 1. The molecule has 0 spiro atoms. The molecule has 1 N–H and O–H groups in total. The summed E-state index contributed by atoms with van der Waals surface area (Å²) in [5.74, 6) is 1.20. The van der Waals surface area contributed by atoms with Gasteiger partial charge in [0.2, 0.25) is 0 Å². The second-order valence-electron chi connectivity index (χ2n) is 5.37. The minimum atomic E-state index is -0.657. The van der Waals surface area contributed by atoms with Crippen molar-refractivity contribution in [3.8, 4) is 5.75 Å². The number of aliphatic hydroxyl groups is 1. The van der Waals surface area contributed by atoms with Crippen molar-refractivity contribution in [2.75, 3.05) is 7.11 Å². The summed E-state index contributed by atoms with van der Waals surface area (Å²) in [6.45, 7) is 1.92. The van der Waals surface area contributed by atoms with Gasteiger partial charge in [-0.2, -0.15) is 0 Å². The Morgan fingerprint density at radius 3 is 1.95 bits per heavy atom. The molecule has 3 rings (SSSR count). The van der Waals surface area contributed by atoms with Gasteiger partial charge in [0, 0.05) is 11.8 Å². The Morgan fingerprint density at radius 1 is 0.895 bits per heavy atom. The Hall–Kier alpha value is -1.80. The minimum Gasteiger partial charge on any atom is -0.497 e. The Bertz CT molecular complexity index is 558. The van der Waals surface area contributed by atoms with Crippen LogP contribution in [0.4, 0.5) is 0 Å². The summed E-state index contributed by atoms with van der Waals surface area (Å²) in [5.41, 5.74) is 1.71. The van der Waals surface area contributed by atoms with Gasteiger partial charge in [-0.05, 0) is 30.2 Å². The van der Waals surface area contributed by atoms with E-state index in [4.69, 9.17) is 4.74 Å². The first-order valence-electron chi connectivity index (χ1n) is 6.56. The van der Waals surface area contributed by atoms with E-state index in [1.807, 2.05) is 49.4 Å². The second-order valence-corrected chi connectivity index (χ2v) is 5.37. The van der Waals surface area contributed by atoms with Crippen molar-refractivity contribution in [3.05, 3.63) is 65.7 Å². The third kappa shape index (κ3) is 2.02. The van der Waals surface area contributed by atoms with Crippen molar-refractivity contribution in [1.29, 1.82) is 0 Å². The highest BCUT2D eigenvalue weighted by Crippen LogP contribution is 2.63.